The summed E-state index contributed by atoms with van der Waals surface area (Å²) in [6.07, 6.45) is 5.87. The highest BCUT2D eigenvalue weighted by molar-refractivity contribution is 5.94. The summed E-state index contributed by atoms with van der Waals surface area (Å²) in [5, 5.41) is 1.02. The van der Waals surface area contributed by atoms with Gasteiger partial charge in [0.05, 0.1) is 11.8 Å². The number of fused-ring (bicyclic) bond motifs is 1. The molecule has 1 saturated heterocycles. The van der Waals surface area contributed by atoms with E-state index >= 15 is 0 Å². The van der Waals surface area contributed by atoms with Crippen LogP contribution in [0, 0.1) is 5.82 Å². The lowest BCUT2D eigenvalue weighted by Crippen LogP contribution is -2.38. The molecule has 0 spiro atoms. The van der Waals surface area contributed by atoms with Crippen molar-refractivity contribution in [1.82, 2.24) is 19.9 Å². The topological polar surface area (TPSA) is 59.0 Å². The second kappa shape index (κ2) is 6.55. The van der Waals surface area contributed by atoms with Gasteiger partial charge in [0.1, 0.15) is 0 Å². The van der Waals surface area contributed by atoms with Gasteiger partial charge in [-0.3, -0.25) is 9.78 Å². The molecular formula is C19H17FN4O. The molecule has 1 aliphatic heterocycles. The van der Waals surface area contributed by atoms with Crippen LogP contribution in [-0.4, -0.2) is 38.8 Å². The molecular weight excluding hydrogens is 319 g/mol. The molecule has 0 atom stereocenters. The van der Waals surface area contributed by atoms with Crippen molar-refractivity contribution < 1.29 is 9.18 Å². The Hall–Kier alpha value is -2.89. The van der Waals surface area contributed by atoms with Crippen molar-refractivity contribution >= 4 is 16.9 Å². The fraction of sp³-hybridized carbons (Fsp3) is 0.263. The van der Waals surface area contributed by atoms with Crippen LogP contribution in [0.25, 0.3) is 11.0 Å². The molecule has 6 heteroatoms. The van der Waals surface area contributed by atoms with E-state index in [4.69, 9.17) is 0 Å². The van der Waals surface area contributed by atoms with Crippen LogP contribution in [0.5, 0.6) is 0 Å². The molecule has 3 aromatic heterocycles. The average molecular weight is 336 g/mol. The predicted octanol–water partition coefficient (Wildman–Crippen LogP) is 3.18. The summed E-state index contributed by atoms with van der Waals surface area (Å²) >= 11 is 0. The van der Waals surface area contributed by atoms with Gasteiger partial charge in [-0.15, -0.1) is 0 Å². The summed E-state index contributed by atoms with van der Waals surface area (Å²) < 4.78 is 13.8. The fourth-order valence-corrected chi connectivity index (χ4v) is 3.29. The largest absolute Gasteiger partial charge is 0.339 e. The minimum absolute atomic E-state index is 0.0847. The highest BCUT2D eigenvalue weighted by atomic mass is 19.1. The molecule has 0 aliphatic carbocycles. The van der Waals surface area contributed by atoms with Crippen molar-refractivity contribution in [3.05, 3.63) is 66.0 Å². The van der Waals surface area contributed by atoms with Crippen LogP contribution in [0.3, 0.4) is 0 Å². The minimum atomic E-state index is -0.572. The number of aromatic nitrogens is 3. The number of piperidine rings is 1. The molecule has 0 radical (unpaired) electrons. The molecule has 4 rings (SSSR count). The molecule has 4 heterocycles. The van der Waals surface area contributed by atoms with Gasteiger partial charge in [-0.25, -0.2) is 14.4 Å². The van der Waals surface area contributed by atoms with Crippen molar-refractivity contribution in [3.8, 4) is 0 Å². The molecule has 0 bridgehead atoms. The van der Waals surface area contributed by atoms with E-state index in [1.165, 1.54) is 12.3 Å². The predicted molar refractivity (Wildman–Crippen MR) is 91.6 cm³/mol. The summed E-state index contributed by atoms with van der Waals surface area (Å²) in [5.41, 5.74) is 1.84. The summed E-state index contributed by atoms with van der Waals surface area (Å²) in [7, 11) is 0. The third-order valence-electron chi connectivity index (χ3n) is 4.69. The van der Waals surface area contributed by atoms with E-state index < -0.39 is 5.82 Å². The van der Waals surface area contributed by atoms with Crippen molar-refractivity contribution in [2.45, 2.75) is 18.8 Å². The van der Waals surface area contributed by atoms with E-state index in [2.05, 4.69) is 15.0 Å². The normalized spacial score (nSPS) is 15.5. The van der Waals surface area contributed by atoms with Crippen LogP contribution in [-0.2, 0) is 0 Å². The molecule has 1 aliphatic rings. The van der Waals surface area contributed by atoms with Crippen LogP contribution in [0.4, 0.5) is 4.39 Å². The first-order valence-corrected chi connectivity index (χ1v) is 8.33. The second-order valence-corrected chi connectivity index (χ2v) is 6.21. The van der Waals surface area contributed by atoms with E-state index in [1.807, 2.05) is 24.3 Å². The van der Waals surface area contributed by atoms with Gasteiger partial charge >= 0.3 is 0 Å². The van der Waals surface area contributed by atoms with Gasteiger partial charge in [0.15, 0.2) is 11.5 Å². The molecule has 1 amide bonds. The van der Waals surface area contributed by atoms with Crippen molar-refractivity contribution in [3.63, 3.8) is 0 Å². The Bertz CT molecular complexity index is 922. The number of halogens is 1. The summed E-state index contributed by atoms with van der Waals surface area (Å²) in [4.78, 5) is 26.8. The number of carbonyl (C=O) groups is 1. The Morgan fingerprint density at radius 2 is 1.96 bits per heavy atom. The second-order valence-electron chi connectivity index (χ2n) is 6.21. The zero-order chi connectivity index (χ0) is 17.2. The van der Waals surface area contributed by atoms with E-state index in [9.17, 15) is 9.18 Å². The third kappa shape index (κ3) is 3.07. The minimum Gasteiger partial charge on any atom is -0.339 e. The van der Waals surface area contributed by atoms with Crippen molar-refractivity contribution in [2.75, 3.05) is 13.1 Å². The number of pyridine rings is 3. The first kappa shape index (κ1) is 15.6. The van der Waals surface area contributed by atoms with Crippen LogP contribution < -0.4 is 0 Å². The fourth-order valence-electron chi connectivity index (χ4n) is 3.29. The van der Waals surface area contributed by atoms with Crippen LogP contribution >= 0.6 is 0 Å². The molecule has 3 aromatic rings. The molecule has 25 heavy (non-hydrogen) atoms. The highest BCUT2D eigenvalue weighted by Crippen LogP contribution is 2.28. The summed E-state index contributed by atoms with van der Waals surface area (Å²) in [6.45, 7) is 1.18. The molecule has 0 N–H and O–H groups in total. The SMILES string of the molecule is O=C(c1ccncc1F)N1CCC(c2ccc3cccnc3n2)CC1. The molecule has 1 fully saturated rings. The number of amides is 1. The van der Waals surface area contributed by atoms with Gasteiger partial charge in [-0.2, -0.15) is 0 Å². The summed E-state index contributed by atoms with van der Waals surface area (Å²) in [6, 6.07) is 9.39. The number of rotatable bonds is 2. The Morgan fingerprint density at radius 3 is 2.76 bits per heavy atom. The van der Waals surface area contributed by atoms with Gasteiger partial charge < -0.3 is 4.90 Å². The maximum atomic E-state index is 13.8. The van der Waals surface area contributed by atoms with E-state index in [-0.39, 0.29) is 17.4 Å². The molecule has 0 unspecified atom stereocenters. The van der Waals surface area contributed by atoms with Crippen LogP contribution in [0.1, 0.15) is 34.8 Å². The number of hydrogen-bond acceptors (Lipinski definition) is 4. The first-order valence-electron chi connectivity index (χ1n) is 8.33. The van der Waals surface area contributed by atoms with E-state index in [0.29, 0.717) is 13.1 Å². The maximum absolute atomic E-state index is 13.8. The van der Waals surface area contributed by atoms with Gasteiger partial charge in [0.25, 0.3) is 5.91 Å². The average Bonchev–Trinajstić information content (AvgIpc) is 2.67. The van der Waals surface area contributed by atoms with Gasteiger partial charge in [0.2, 0.25) is 0 Å². The summed E-state index contributed by atoms with van der Waals surface area (Å²) in [5.74, 6) is -0.555. The van der Waals surface area contributed by atoms with E-state index in [0.717, 1.165) is 35.8 Å². The van der Waals surface area contributed by atoms with E-state index in [1.54, 1.807) is 11.1 Å². The Morgan fingerprint density at radius 1 is 1.12 bits per heavy atom. The lowest BCUT2D eigenvalue weighted by molar-refractivity contribution is 0.0707. The first-order chi connectivity index (χ1) is 12.2. The van der Waals surface area contributed by atoms with Crippen LogP contribution in [0.15, 0.2) is 48.9 Å². The molecule has 126 valence electrons. The lowest BCUT2D eigenvalue weighted by Gasteiger charge is -2.31. The molecule has 0 aromatic carbocycles. The standard InChI is InChI=1S/C19H17FN4O/c20-16-12-21-9-5-15(16)19(25)24-10-6-13(7-11-24)17-4-3-14-2-1-8-22-18(14)23-17/h1-5,8-9,12-13H,6-7,10-11H2. The highest BCUT2D eigenvalue weighted by Gasteiger charge is 2.26. The molecule has 0 saturated carbocycles. The molecule has 5 nitrogen and oxygen atoms in total. The number of carbonyl (C=O) groups excluding carboxylic acids is 1. The number of hydrogen-bond donors (Lipinski definition) is 0. The Balaban J connectivity index is 1.47. The van der Waals surface area contributed by atoms with Crippen LogP contribution in [0.2, 0.25) is 0 Å². The third-order valence-corrected chi connectivity index (χ3v) is 4.69. The lowest BCUT2D eigenvalue weighted by atomic mass is 9.92. The maximum Gasteiger partial charge on any atom is 0.256 e. The van der Waals surface area contributed by atoms with Gasteiger partial charge in [-0.1, -0.05) is 0 Å². The van der Waals surface area contributed by atoms with Crippen molar-refractivity contribution in [2.24, 2.45) is 0 Å². The zero-order valence-corrected chi connectivity index (χ0v) is 13.6. The Kier molecular flexibility index (Phi) is 4.09. The van der Waals surface area contributed by atoms with Crippen molar-refractivity contribution in [1.29, 1.82) is 0 Å². The monoisotopic (exact) mass is 336 g/mol. The zero-order valence-electron chi connectivity index (χ0n) is 13.6. The van der Waals surface area contributed by atoms with Gasteiger partial charge in [-0.05, 0) is 43.2 Å². The number of nitrogens with zero attached hydrogens (tertiary/aromatic N) is 4. The quantitative estimate of drug-likeness (QED) is 0.721. The smallest absolute Gasteiger partial charge is 0.256 e. The number of likely N-dealkylation sites (tertiary alicyclic amines) is 1. The van der Waals surface area contributed by atoms with Gasteiger partial charge in [0, 0.05) is 42.5 Å². The Labute approximate surface area is 144 Å².